The lowest BCUT2D eigenvalue weighted by Crippen LogP contribution is -2.34. The maximum absolute atomic E-state index is 5.57. The SMILES string of the molecule is COCCOCOC1CCN(C)CC1. The molecule has 1 fully saturated rings. The molecule has 0 aliphatic carbocycles. The molecule has 0 radical (unpaired) electrons. The van der Waals surface area contributed by atoms with Crippen LogP contribution in [0.15, 0.2) is 0 Å². The van der Waals surface area contributed by atoms with Crippen molar-refractivity contribution in [2.45, 2.75) is 18.9 Å². The van der Waals surface area contributed by atoms with Gasteiger partial charge in [-0.2, -0.15) is 0 Å². The predicted molar refractivity (Wildman–Crippen MR) is 54.3 cm³/mol. The van der Waals surface area contributed by atoms with Crippen LogP contribution in [0, 0.1) is 0 Å². The van der Waals surface area contributed by atoms with Crippen molar-refractivity contribution in [2.75, 3.05) is 47.3 Å². The summed E-state index contributed by atoms with van der Waals surface area (Å²) in [7, 11) is 3.81. The van der Waals surface area contributed by atoms with Crippen LogP contribution in [0.2, 0.25) is 0 Å². The van der Waals surface area contributed by atoms with Gasteiger partial charge in [-0.1, -0.05) is 0 Å². The number of nitrogens with zero attached hydrogens (tertiary/aromatic N) is 1. The Kier molecular flexibility index (Phi) is 6.10. The van der Waals surface area contributed by atoms with Crippen LogP contribution in [0.3, 0.4) is 0 Å². The average Bonchev–Trinajstić information content (AvgIpc) is 2.21. The van der Waals surface area contributed by atoms with Gasteiger partial charge < -0.3 is 19.1 Å². The van der Waals surface area contributed by atoms with Gasteiger partial charge in [0.2, 0.25) is 0 Å². The normalized spacial score (nSPS) is 20.1. The van der Waals surface area contributed by atoms with E-state index in [2.05, 4.69) is 11.9 Å². The summed E-state index contributed by atoms with van der Waals surface area (Å²) in [5, 5.41) is 0. The minimum Gasteiger partial charge on any atom is -0.382 e. The largest absolute Gasteiger partial charge is 0.382 e. The van der Waals surface area contributed by atoms with Crippen LogP contribution < -0.4 is 0 Å². The molecule has 0 spiro atoms. The first-order valence-electron chi connectivity index (χ1n) is 5.19. The molecule has 14 heavy (non-hydrogen) atoms. The van der Waals surface area contributed by atoms with Crippen LogP contribution in [0.5, 0.6) is 0 Å². The summed E-state index contributed by atoms with van der Waals surface area (Å²) in [6.45, 7) is 3.91. The van der Waals surface area contributed by atoms with Crippen LogP contribution in [-0.4, -0.2) is 58.3 Å². The number of hydrogen-bond donors (Lipinski definition) is 0. The first-order valence-corrected chi connectivity index (χ1v) is 5.19. The lowest BCUT2D eigenvalue weighted by atomic mass is 10.1. The summed E-state index contributed by atoms with van der Waals surface area (Å²) in [6.07, 6.45) is 2.61. The van der Waals surface area contributed by atoms with E-state index in [-0.39, 0.29) is 0 Å². The van der Waals surface area contributed by atoms with Crippen LogP contribution >= 0.6 is 0 Å². The summed E-state index contributed by atoms with van der Waals surface area (Å²) in [5.74, 6) is 0. The number of likely N-dealkylation sites (tertiary alicyclic amines) is 1. The molecule has 0 unspecified atom stereocenters. The van der Waals surface area contributed by atoms with Crippen molar-refractivity contribution in [3.63, 3.8) is 0 Å². The zero-order valence-corrected chi connectivity index (χ0v) is 9.20. The summed E-state index contributed by atoms with van der Waals surface area (Å²) in [6, 6.07) is 0. The van der Waals surface area contributed by atoms with Gasteiger partial charge in [0.05, 0.1) is 19.3 Å². The van der Waals surface area contributed by atoms with Gasteiger partial charge in [0.15, 0.2) is 0 Å². The Labute approximate surface area is 86.1 Å². The number of hydrogen-bond acceptors (Lipinski definition) is 4. The van der Waals surface area contributed by atoms with E-state index in [0.29, 0.717) is 26.1 Å². The second-order valence-corrected chi connectivity index (χ2v) is 3.69. The summed E-state index contributed by atoms with van der Waals surface area (Å²) in [5.41, 5.74) is 0. The first kappa shape index (κ1) is 11.9. The number of rotatable bonds is 6. The maximum atomic E-state index is 5.57. The van der Waals surface area contributed by atoms with E-state index in [1.807, 2.05) is 0 Å². The fraction of sp³-hybridized carbons (Fsp3) is 1.00. The lowest BCUT2D eigenvalue weighted by Gasteiger charge is -2.28. The third-order valence-corrected chi connectivity index (χ3v) is 2.48. The van der Waals surface area contributed by atoms with Crippen molar-refractivity contribution in [1.29, 1.82) is 0 Å². The summed E-state index contributed by atoms with van der Waals surface area (Å²) >= 11 is 0. The molecular weight excluding hydrogens is 182 g/mol. The van der Waals surface area contributed by atoms with Crippen LogP contribution in [-0.2, 0) is 14.2 Å². The Morgan fingerprint density at radius 3 is 2.57 bits per heavy atom. The van der Waals surface area contributed by atoms with Gasteiger partial charge in [0, 0.05) is 20.2 Å². The van der Waals surface area contributed by atoms with Gasteiger partial charge in [-0.15, -0.1) is 0 Å². The topological polar surface area (TPSA) is 30.9 Å². The van der Waals surface area contributed by atoms with Crippen molar-refractivity contribution in [1.82, 2.24) is 4.90 Å². The molecule has 0 N–H and O–H groups in total. The third-order valence-electron chi connectivity index (χ3n) is 2.48. The first-order chi connectivity index (χ1) is 6.83. The Morgan fingerprint density at radius 1 is 1.21 bits per heavy atom. The van der Waals surface area contributed by atoms with Crippen LogP contribution in [0.1, 0.15) is 12.8 Å². The van der Waals surface area contributed by atoms with Gasteiger partial charge >= 0.3 is 0 Å². The molecule has 0 aromatic heterocycles. The number of ether oxygens (including phenoxy) is 3. The van der Waals surface area contributed by atoms with E-state index in [1.165, 1.54) is 0 Å². The van der Waals surface area contributed by atoms with Gasteiger partial charge in [-0.05, 0) is 19.9 Å². The smallest absolute Gasteiger partial charge is 0.147 e. The maximum Gasteiger partial charge on any atom is 0.147 e. The molecule has 4 heteroatoms. The number of piperidine rings is 1. The van der Waals surface area contributed by atoms with E-state index >= 15 is 0 Å². The molecule has 0 aromatic carbocycles. The lowest BCUT2D eigenvalue weighted by molar-refractivity contribution is -0.109. The highest BCUT2D eigenvalue weighted by Crippen LogP contribution is 2.11. The molecular formula is C10H21NO3. The number of methoxy groups -OCH3 is 1. The third kappa shape index (κ3) is 4.91. The highest BCUT2D eigenvalue weighted by Gasteiger charge is 2.16. The fourth-order valence-corrected chi connectivity index (χ4v) is 1.50. The van der Waals surface area contributed by atoms with Gasteiger partial charge in [0.1, 0.15) is 6.79 Å². The van der Waals surface area contributed by atoms with E-state index in [1.54, 1.807) is 7.11 Å². The monoisotopic (exact) mass is 203 g/mol. The minimum atomic E-state index is 0.383. The van der Waals surface area contributed by atoms with Crippen molar-refractivity contribution < 1.29 is 14.2 Å². The second kappa shape index (κ2) is 7.17. The highest BCUT2D eigenvalue weighted by atomic mass is 16.7. The van der Waals surface area contributed by atoms with E-state index in [4.69, 9.17) is 14.2 Å². The molecule has 1 heterocycles. The van der Waals surface area contributed by atoms with Gasteiger partial charge in [-0.25, -0.2) is 0 Å². The quantitative estimate of drug-likeness (QED) is 0.470. The van der Waals surface area contributed by atoms with E-state index in [9.17, 15) is 0 Å². The molecule has 1 aliphatic rings. The van der Waals surface area contributed by atoms with Crippen molar-refractivity contribution in [2.24, 2.45) is 0 Å². The van der Waals surface area contributed by atoms with E-state index < -0.39 is 0 Å². The Hall–Kier alpha value is -0.160. The Bertz CT molecular complexity index is 135. The van der Waals surface area contributed by atoms with Crippen molar-refractivity contribution in [3.05, 3.63) is 0 Å². The molecule has 0 saturated carbocycles. The van der Waals surface area contributed by atoms with Gasteiger partial charge in [0.25, 0.3) is 0 Å². The molecule has 84 valence electrons. The van der Waals surface area contributed by atoms with Crippen molar-refractivity contribution >= 4 is 0 Å². The average molecular weight is 203 g/mol. The summed E-state index contributed by atoms with van der Waals surface area (Å²) < 4.78 is 15.7. The van der Waals surface area contributed by atoms with Crippen molar-refractivity contribution in [3.8, 4) is 0 Å². The van der Waals surface area contributed by atoms with E-state index in [0.717, 1.165) is 25.9 Å². The molecule has 0 aromatic rings. The molecule has 0 amide bonds. The Morgan fingerprint density at radius 2 is 1.93 bits per heavy atom. The fourth-order valence-electron chi connectivity index (χ4n) is 1.50. The zero-order valence-electron chi connectivity index (χ0n) is 9.20. The molecule has 1 rings (SSSR count). The summed E-state index contributed by atoms with van der Waals surface area (Å²) in [4.78, 5) is 2.33. The van der Waals surface area contributed by atoms with Crippen LogP contribution in [0.25, 0.3) is 0 Å². The molecule has 1 aliphatic heterocycles. The van der Waals surface area contributed by atoms with Gasteiger partial charge in [-0.3, -0.25) is 0 Å². The zero-order chi connectivity index (χ0) is 10.2. The molecule has 0 bridgehead atoms. The molecule has 1 saturated heterocycles. The Balaban J connectivity index is 1.91. The highest BCUT2D eigenvalue weighted by molar-refractivity contribution is 4.69. The molecule has 4 nitrogen and oxygen atoms in total. The second-order valence-electron chi connectivity index (χ2n) is 3.69. The standard InChI is InChI=1S/C10H21NO3/c1-11-5-3-10(4-6-11)14-9-13-8-7-12-2/h10H,3-9H2,1-2H3. The predicted octanol–water partition coefficient (Wildman–Crippen LogP) is 0.718. The minimum absolute atomic E-state index is 0.383. The molecule has 0 atom stereocenters. The van der Waals surface area contributed by atoms with Crippen LogP contribution in [0.4, 0.5) is 0 Å².